The van der Waals surface area contributed by atoms with Gasteiger partial charge in [-0.3, -0.25) is 9.59 Å². The molecule has 7 nitrogen and oxygen atoms in total. The van der Waals surface area contributed by atoms with E-state index in [1.165, 1.54) is 12.1 Å². The van der Waals surface area contributed by atoms with Gasteiger partial charge in [0.05, 0.1) is 18.7 Å². The van der Waals surface area contributed by atoms with Crippen molar-refractivity contribution in [2.24, 2.45) is 0 Å². The fourth-order valence-corrected chi connectivity index (χ4v) is 2.75. The zero-order valence-electron chi connectivity index (χ0n) is 16.2. The average molecular weight is 384 g/mol. The van der Waals surface area contributed by atoms with Crippen molar-refractivity contribution in [1.82, 2.24) is 5.32 Å². The number of nitrogens with one attached hydrogen (secondary N) is 2. The van der Waals surface area contributed by atoms with Crippen LogP contribution in [0.4, 0.5) is 5.69 Å². The highest BCUT2D eigenvalue weighted by Gasteiger charge is 2.12. The quantitative estimate of drug-likeness (QED) is 0.634. The first-order valence-corrected chi connectivity index (χ1v) is 8.81. The highest BCUT2D eigenvalue weighted by atomic mass is 16.5. The van der Waals surface area contributed by atoms with Crippen LogP contribution in [-0.4, -0.2) is 36.0 Å². The number of esters is 1. The summed E-state index contributed by atoms with van der Waals surface area (Å²) in [4.78, 5) is 35.8. The maximum Gasteiger partial charge on any atom is 0.338 e. The Balaban J connectivity index is 1.78. The Labute approximate surface area is 163 Å². The molecule has 0 bridgehead atoms. The predicted octanol–water partition coefficient (Wildman–Crippen LogP) is 2.02. The van der Waals surface area contributed by atoms with E-state index >= 15 is 0 Å². The summed E-state index contributed by atoms with van der Waals surface area (Å²) in [5, 5.41) is 14.2. The number of aliphatic hydroxyl groups is 1. The largest absolute Gasteiger partial charge is 0.452 e. The molecule has 0 saturated heterocycles. The molecule has 0 aliphatic carbocycles. The monoisotopic (exact) mass is 384 g/mol. The Morgan fingerprint density at radius 3 is 2.14 bits per heavy atom. The molecule has 148 valence electrons. The molecule has 3 N–H and O–H groups in total. The van der Waals surface area contributed by atoms with Crippen LogP contribution in [0, 0.1) is 20.8 Å². The van der Waals surface area contributed by atoms with Gasteiger partial charge in [0, 0.05) is 5.69 Å². The number of hydrogen-bond acceptors (Lipinski definition) is 5. The van der Waals surface area contributed by atoms with Gasteiger partial charge in [-0.2, -0.15) is 0 Å². The summed E-state index contributed by atoms with van der Waals surface area (Å²) < 4.78 is 4.92. The first-order valence-electron chi connectivity index (χ1n) is 8.81. The summed E-state index contributed by atoms with van der Waals surface area (Å²) in [5.41, 5.74) is 4.65. The Bertz CT molecular complexity index is 852. The smallest absolute Gasteiger partial charge is 0.338 e. The molecule has 0 aromatic heterocycles. The molecular weight excluding hydrogens is 360 g/mol. The molecule has 7 heteroatoms. The van der Waals surface area contributed by atoms with Crippen LogP contribution >= 0.6 is 0 Å². The molecule has 2 aromatic carbocycles. The van der Waals surface area contributed by atoms with E-state index in [0.29, 0.717) is 5.56 Å². The van der Waals surface area contributed by atoms with Gasteiger partial charge in [-0.1, -0.05) is 29.8 Å². The number of anilines is 1. The number of hydrogen-bond donors (Lipinski definition) is 3. The van der Waals surface area contributed by atoms with E-state index in [1.807, 2.05) is 32.9 Å². The summed E-state index contributed by atoms with van der Waals surface area (Å²) in [7, 11) is 0. The molecule has 2 aromatic rings. The zero-order valence-corrected chi connectivity index (χ0v) is 16.2. The Morgan fingerprint density at radius 1 is 0.964 bits per heavy atom. The molecule has 0 saturated carbocycles. The lowest BCUT2D eigenvalue weighted by atomic mass is 10.1. The summed E-state index contributed by atoms with van der Waals surface area (Å²) >= 11 is 0. The van der Waals surface area contributed by atoms with Gasteiger partial charge < -0.3 is 20.5 Å². The molecule has 0 fully saturated rings. The number of carbonyl (C=O) groups excluding carboxylic acids is 3. The molecular formula is C21H24N2O5. The summed E-state index contributed by atoms with van der Waals surface area (Å²) in [5.74, 6) is -1.60. The highest BCUT2D eigenvalue weighted by Crippen LogP contribution is 2.21. The minimum absolute atomic E-state index is 0.124. The van der Waals surface area contributed by atoms with Gasteiger partial charge in [-0.05, 0) is 49.6 Å². The molecule has 2 amide bonds. The van der Waals surface area contributed by atoms with Gasteiger partial charge >= 0.3 is 5.97 Å². The van der Waals surface area contributed by atoms with Crippen LogP contribution in [0.2, 0.25) is 0 Å². The number of amides is 2. The number of ether oxygens (including phenoxy) is 1. The average Bonchev–Trinajstić information content (AvgIpc) is 2.67. The lowest BCUT2D eigenvalue weighted by Crippen LogP contribution is -2.35. The van der Waals surface area contributed by atoms with Crippen molar-refractivity contribution in [1.29, 1.82) is 0 Å². The van der Waals surface area contributed by atoms with Gasteiger partial charge in [0.1, 0.15) is 0 Å². The molecule has 0 unspecified atom stereocenters. The van der Waals surface area contributed by atoms with E-state index < -0.39 is 18.5 Å². The lowest BCUT2D eigenvalue weighted by molar-refractivity contribution is -0.126. The topological polar surface area (TPSA) is 105 Å². The second kappa shape index (κ2) is 9.66. The van der Waals surface area contributed by atoms with E-state index in [9.17, 15) is 14.4 Å². The molecule has 28 heavy (non-hydrogen) atoms. The van der Waals surface area contributed by atoms with Crippen LogP contribution in [0.3, 0.4) is 0 Å². The van der Waals surface area contributed by atoms with Crippen LogP contribution in [0.25, 0.3) is 0 Å². The third kappa shape index (κ3) is 5.92. The highest BCUT2D eigenvalue weighted by molar-refractivity contribution is 5.96. The summed E-state index contributed by atoms with van der Waals surface area (Å²) in [6, 6.07) is 10.1. The normalized spacial score (nSPS) is 10.3. The van der Waals surface area contributed by atoms with Crippen LogP contribution in [0.15, 0.2) is 36.4 Å². The van der Waals surface area contributed by atoms with Gasteiger partial charge in [0.25, 0.3) is 5.91 Å². The second-order valence-electron chi connectivity index (χ2n) is 6.53. The molecule has 2 rings (SSSR count). The van der Waals surface area contributed by atoms with E-state index in [0.717, 1.165) is 22.4 Å². The van der Waals surface area contributed by atoms with E-state index in [4.69, 9.17) is 9.84 Å². The molecule has 0 heterocycles. The van der Waals surface area contributed by atoms with Crippen molar-refractivity contribution in [3.63, 3.8) is 0 Å². The molecule has 0 atom stereocenters. The van der Waals surface area contributed by atoms with Crippen LogP contribution in [0.5, 0.6) is 0 Å². The van der Waals surface area contributed by atoms with Crippen LogP contribution in [0.1, 0.15) is 32.6 Å². The Morgan fingerprint density at radius 2 is 1.57 bits per heavy atom. The van der Waals surface area contributed by atoms with Crippen molar-refractivity contribution in [3.8, 4) is 0 Å². The maximum absolute atomic E-state index is 12.1. The van der Waals surface area contributed by atoms with Crippen LogP contribution < -0.4 is 10.6 Å². The lowest BCUT2D eigenvalue weighted by Gasteiger charge is -2.13. The molecule has 0 aliphatic heterocycles. The van der Waals surface area contributed by atoms with Gasteiger partial charge in [0.15, 0.2) is 6.61 Å². The first-order chi connectivity index (χ1) is 13.3. The summed E-state index contributed by atoms with van der Waals surface area (Å²) in [6.45, 7) is 4.95. The SMILES string of the molecule is Cc1cc(C)c(NC(=O)CNC(=O)COC(=O)c2ccc(CO)cc2)c(C)c1. The number of rotatable bonds is 7. The fraction of sp³-hybridized carbons (Fsp3) is 0.286. The standard InChI is InChI=1S/C21H24N2O5/c1-13-8-14(2)20(15(3)9-13)23-18(25)10-22-19(26)12-28-21(27)17-6-4-16(11-24)5-7-17/h4-9,24H,10-12H2,1-3H3,(H,22,26)(H,23,25). The van der Waals surface area contributed by atoms with E-state index in [2.05, 4.69) is 10.6 Å². The van der Waals surface area contributed by atoms with Crippen molar-refractivity contribution < 1.29 is 24.2 Å². The number of aryl methyl sites for hydroxylation is 3. The second-order valence-corrected chi connectivity index (χ2v) is 6.53. The van der Waals surface area contributed by atoms with Crippen molar-refractivity contribution in [3.05, 3.63) is 64.2 Å². The molecule has 0 spiro atoms. The number of aliphatic hydroxyl groups excluding tert-OH is 1. The first kappa shape index (κ1) is 21.1. The van der Waals surface area contributed by atoms with Crippen molar-refractivity contribution >= 4 is 23.5 Å². The molecule has 0 radical (unpaired) electrons. The summed E-state index contributed by atoms with van der Waals surface area (Å²) in [6.07, 6.45) is 0. The fourth-order valence-electron chi connectivity index (χ4n) is 2.75. The van der Waals surface area contributed by atoms with Gasteiger partial charge in [-0.25, -0.2) is 4.79 Å². The van der Waals surface area contributed by atoms with Crippen LogP contribution in [-0.2, 0) is 20.9 Å². The minimum Gasteiger partial charge on any atom is -0.452 e. The third-order valence-corrected chi connectivity index (χ3v) is 4.09. The van der Waals surface area contributed by atoms with Gasteiger partial charge in [0.2, 0.25) is 5.91 Å². The third-order valence-electron chi connectivity index (χ3n) is 4.09. The Hall–Kier alpha value is -3.19. The minimum atomic E-state index is -0.657. The number of benzene rings is 2. The maximum atomic E-state index is 12.1. The molecule has 0 aliphatic rings. The number of carbonyl (C=O) groups is 3. The Kier molecular flexibility index (Phi) is 7.28. The zero-order chi connectivity index (χ0) is 20.7. The van der Waals surface area contributed by atoms with Crippen molar-refractivity contribution in [2.45, 2.75) is 27.4 Å². The van der Waals surface area contributed by atoms with E-state index in [-0.39, 0.29) is 24.6 Å². The van der Waals surface area contributed by atoms with E-state index in [1.54, 1.807) is 12.1 Å². The predicted molar refractivity (Wildman–Crippen MR) is 105 cm³/mol. The van der Waals surface area contributed by atoms with Gasteiger partial charge in [-0.15, -0.1) is 0 Å². The van der Waals surface area contributed by atoms with Crippen molar-refractivity contribution in [2.75, 3.05) is 18.5 Å².